The van der Waals surface area contributed by atoms with Crippen LogP contribution >= 0.6 is 35.3 Å². The molecule has 1 fully saturated rings. The maximum atomic E-state index is 4.83. The van der Waals surface area contributed by atoms with Gasteiger partial charge in [-0.3, -0.25) is 9.67 Å². The Hall–Kier alpha value is -1.16. The first-order chi connectivity index (χ1) is 12.2. The first kappa shape index (κ1) is 21.1. The highest BCUT2D eigenvalue weighted by Crippen LogP contribution is 2.26. The van der Waals surface area contributed by atoms with Crippen molar-refractivity contribution in [1.29, 1.82) is 0 Å². The van der Waals surface area contributed by atoms with Gasteiger partial charge in [0.25, 0.3) is 0 Å². The van der Waals surface area contributed by atoms with Crippen LogP contribution in [-0.2, 0) is 19.9 Å². The molecule has 0 bridgehead atoms. The maximum absolute atomic E-state index is 4.83. The normalized spacial score (nSPS) is 17.4. The molecule has 1 unspecified atom stereocenters. The summed E-state index contributed by atoms with van der Waals surface area (Å²) in [5.41, 5.74) is 2.49. The van der Waals surface area contributed by atoms with Crippen molar-refractivity contribution in [3.63, 3.8) is 0 Å². The van der Waals surface area contributed by atoms with Crippen LogP contribution in [0.3, 0.4) is 0 Å². The molecule has 1 aliphatic heterocycles. The second-order valence-electron chi connectivity index (χ2n) is 6.45. The van der Waals surface area contributed by atoms with Gasteiger partial charge >= 0.3 is 0 Å². The van der Waals surface area contributed by atoms with Crippen LogP contribution < -0.4 is 5.32 Å². The first-order valence-corrected chi connectivity index (χ1v) is 10.0. The predicted molar refractivity (Wildman–Crippen MR) is 119 cm³/mol. The highest BCUT2D eigenvalue weighted by molar-refractivity contribution is 14.0. The molecule has 3 heterocycles. The molecular weight excluding hydrogens is 459 g/mol. The Morgan fingerprint density at radius 1 is 1.42 bits per heavy atom. The van der Waals surface area contributed by atoms with Gasteiger partial charge in [0, 0.05) is 57.1 Å². The fraction of sp³-hybridized carbons (Fsp3) is 0.611. The van der Waals surface area contributed by atoms with E-state index in [1.54, 1.807) is 11.3 Å². The Balaban J connectivity index is 0.00000243. The van der Waals surface area contributed by atoms with E-state index in [0.29, 0.717) is 5.92 Å². The van der Waals surface area contributed by atoms with E-state index in [1.807, 2.05) is 17.9 Å². The van der Waals surface area contributed by atoms with Gasteiger partial charge in [0.05, 0.1) is 16.9 Å². The number of hydrogen-bond donors (Lipinski definition) is 1. The second-order valence-corrected chi connectivity index (χ2v) is 7.39. The lowest BCUT2D eigenvalue weighted by molar-refractivity contribution is 0.486. The van der Waals surface area contributed by atoms with Crippen molar-refractivity contribution < 1.29 is 0 Å². The highest BCUT2D eigenvalue weighted by Gasteiger charge is 2.26. The summed E-state index contributed by atoms with van der Waals surface area (Å²) >= 11 is 1.75. The van der Waals surface area contributed by atoms with E-state index in [1.165, 1.54) is 10.6 Å². The Kier molecular flexibility index (Phi) is 8.33. The lowest BCUT2D eigenvalue weighted by atomic mass is 10.0. The Morgan fingerprint density at radius 3 is 2.92 bits per heavy atom. The largest absolute Gasteiger partial charge is 0.357 e. The number of aromatic nitrogens is 3. The molecule has 1 aliphatic rings. The molecule has 0 radical (unpaired) electrons. The molecule has 0 aromatic carbocycles. The van der Waals surface area contributed by atoms with E-state index >= 15 is 0 Å². The zero-order valence-electron chi connectivity index (χ0n) is 15.8. The van der Waals surface area contributed by atoms with Crippen molar-refractivity contribution >= 4 is 41.3 Å². The predicted octanol–water partition coefficient (Wildman–Crippen LogP) is 3.05. The lowest BCUT2D eigenvalue weighted by Crippen LogP contribution is -2.40. The van der Waals surface area contributed by atoms with Crippen LogP contribution in [0.5, 0.6) is 0 Å². The smallest absolute Gasteiger partial charge is 0.193 e. The quantitative estimate of drug-likeness (QED) is 0.386. The number of aryl methyl sites for hydroxylation is 2. The molecule has 144 valence electrons. The van der Waals surface area contributed by atoms with Crippen LogP contribution in [0.1, 0.15) is 42.5 Å². The van der Waals surface area contributed by atoms with E-state index in [-0.39, 0.29) is 24.0 Å². The van der Waals surface area contributed by atoms with Crippen molar-refractivity contribution in [2.45, 2.75) is 39.0 Å². The Bertz CT molecular complexity index is 710. The average Bonchev–Trinajstić information content (AvgIpc) is 3.34. The minimum Gasteiger partial charge on any atom is -0.357 e. The number of thiazole rings is 1. The molecule has 0 amide bonds. The van der Waals surface area contributed by atoms with E-state index in [0.717, 1.165) is 57.1 Å². The molecule has 3 rings (SSSR count). The standard InChI is InChI=1S/C18H28N6S.HI/c1-4-17-22-16(13-25-17)6-8-20-18(19-5-2)24-9-7-14(12-24)15-10-21-23(3)11-15;/h10-11,13-14H,4-9,12H2,1-3H3,(H,19,20);1H. The van der Waals surface area contributed by atoms with Gasteiger partial charge in [0.1, 0.15) is 0 Å². The lowest BCUT2D eigenvalue weighted by Gasteiger charge is -2.21. The number of halogens is 1. The summed E-state index contributed by atoms with van der Waals surface area (Å²) in [6.45, 7) is 8.00. The van der Waals surface area contributed by atoms with Gasteiger partial charge in [-0.15, -0.1) is 35.3 Å². The molecule has 1 atom stereocenters. The SMILES string of the molecule is CCNC(=NCCc1csc(CC)n1)N1CCC(c2cnn(C)c2)C1.I. The summed E-state index contributed by atoms with van der Waals surface area (Å²) < 4.78 is 1.88. The number of aliphatic imine (C=N–C) groups is 1. The number of rotatable bonds is 6. The summed E-state index contributed by atoms with van der Waals surface area (Å²) in [7, 11) is 1.98. The van der Waals surface area contributed by atoms with Gasteiger partial charge in [-0.25, -0.2) is 4.98 Å². The number of hydrogen-bond acceptors (Lipinski definition) is 4. The fourth-order valence-electron chi connectivity index (χ4n) is 3.20. The summed E-state index contributed by atoms with van der Waals surface area (Å²) in [5.74, 6) is 1.57. The maximum Gasteiger partial charge on any atom is 0.193 e. The number of nitrogens with zero attached hydrogens (tertiary/aromatic N) is 5. The molecule has 2 aromatic rings. The molecule has 2 aromatic heterocycles. The Labute approximate surface area is 177 Å². The van der Waals surface area contributed by atoms with Gasteiger partial charge in [-0.2, -0.15) is 5.10 Å². The van der Waals surface area contributed by atoms with Gasteiger partial charge in [-0.1, -0.05) is 6.92 Å². The van der Waals surface area contributed by atoms with Crippen molar-refractivity contribution in [1.82, 2.24) is 25.0 Å². The molecule has 1 saturated heterocycles. The Morgan fingerprint density at radius 2 is 2.27 bits per heavy atom. The van der Waals surface area contributed by atoms with Crippen molar-refractivity contribution in [3.05, 3.63) is 34.0 Å². The summed E-state index contributed by atoms with van der Waals surface area (Å²) in [6, 6.07) is 0. The van der Waals surface area contributed by atoms with Gasteiger partial charge in [0.15, 0.2) is 5.96 Å². The molecular formula is C18H29IN6S. The number of guanidine groups is 1. The highest BCUT2D eigenvalue weighted by atomic mass is 127. The van der Waals surface area contributed by atoms with Crippen LogP contribution in [0.4, 0.5) is 0 Å². The zero-order valence-corrected chi connectivity index (χ0v) is 19.0. The molecule has 6 nitrogen and oxygen atoms in total. The van der Waals surface area contributed by atoms with Gasteiger partial charge in [-0.05, 0) is 25.3 Å². The van der Waals surface area contributed by atoms with Crippen LogP contribution in [0.15, 0.2) is 22.8 Å². The van der Waals surface area contributed by atoms with E-state index in [9.17, 15) is 0 Å². The third-order valence-electron chi connectivity index (χ3n) is 4.55. The van der Waals surface area contributed by atoms with Gasteiger partial charge in [0.2, 0.25) is 0 Å². The number of nitrogens with one attached hydrogen (secondary N) is 1. The van der Waals surface area contributed by atoms with Crippen LogP contribution in [0.2, 0.25) is 0 Å². The summed E-state index contributed by atoms with van der Waals surface area (Å²) in [4.78, 5) is 11.8. The fourth-order valence-corrected chi connectivity index (χ4v) is 3.98. The molecule has 0 aliphatic carbocycles. The van der Waals surface area contributed by atoms with E-state index < -0.39 is 0 Å². The summed E-state index contributed by atoms with van der Waals surface area (Å²) in [5, 5.41) is 11.1. The minimum absolute atomic E-state index is 0. The molecule has 26 heavy (non-hydrogen) atoms. The van der Waals surface area contributed by atoms with Crippen molar-refractivity contribution in [3.8, 4) is 0 Å². The summed E-state index contributed by atoms with van der Waals surface area (Å²) in [6.07, 6.45) is 7.20. The first-order valence-electron chi connectivity index (χ1n) is 9.14. The molecule has 0 spiro atoms. The van der Waals surface area contributed by atoms with Crippen LogP contribution in [-0.4, -0.2) is 51.8 Å². The minimum atomic E-state index is 0. The van der Waals surface area contributed by atoms with Gasteiger partial charge < -0.3 is 10.2 Å². The van der Waals surface area contributed by atoms with E-state index in [2.05, 4.69) is 45.7 Å². The zero-order chi connectivity index (χ0) is 17.6. The second kappa shape index (κ2) is 10.2. The van der Waals surface area contributed by atoms with Crippen molar-refractivity contribution in [2.75, 3.05) is 26.2 Å². The molecule has 0 saturated carbocycles. The van der Waals surface area contributed by atoms with Crippen LogP contribution in [0.25, 0.3) is 0 Å². The number of likely N-dealkylation sites (tertiary alicyclic amines) is 1. The van der Waals surface area contributed by atoms with E-state index in [4.69, 9.17) is 4.99 Å². The topological polar surface area (TPSA) is 58.3 Å². The average molecular weight is 488 g/mol. The van der Waals surface area contributed by atoms with Crippen molar-refractivity contribution in [2.24, 2.45) is 12.0 Å². The third kappa shape index (κ3) is 5.42. The monoisotopic (exact) mass is 488 g/mol. The third-order valence-corrected chi connectivity index (χ3v) is 5.59. The van der Waals surface area contributed by atoms with Crippen LogP contribution in [0, 0.1) is 0 Å². The molecule has 8 heteroatoms. The molecule has 1 N–H and O–H groups in total.